The molecule has 1 unspecified atom stereocenters. The second-order valence-electron chi connectivity index (χ2n) is 14.1. The van der Waals surface area contributed by atoms with Crippen LogP contribution in [0.2, 0.25) is 0 Å². The van der Waals surface area contributed by atoms with E-state index in [0.717, 1.165) is 24.3 Å². The van der Waals surface area contributed by atoms with Crippen LogP contribution in [0.3, 0.4) is 0 Å². The van der Waals surface area contributed by atoms with Crippen molar-refractivity contribution in [1.82, 2.24) is 0 Å². The third-order valence-electron chi connectivity index (χ3n) is 8.66. The topological polar surface area (TPSA) is 18.5 Å². The van der Waals surface area contributed by atoms with Gasteiger partial charge in [0, 0.05) is 22.7 Å². The van der Waals surface area contributed by atoms with Crippen molar-refractivity contribution in [3.63, 3.8) is 0 Å². The Kier molecular flexibility index (Phi) is 10.7. The highest BCUT2D eigenvalue weighted by Gasteiger charge is 2.42. The summed E-state index contributed by atoms with van der Waals surface area (Å²) in [7, 11) is 3.16. The molecule has 0 aliphatic rings. The van der Waals surface area contributed by atoms with Crippen LogP contribution in [0.25, 0.3) is 11.1 Å². The third-order valence-corrected chi connectivity index (χ3v) is 12.7. The largest absolute Gasteiger partial charge is 0.496 e. The van der Waals surface area contributed by atoms with E-state index in [1.165, 1.54) is 44.5 Å². The van der Waals surface area contributed by atoms with Gasteiger partial charge in [-0.3, -0.25) is 0 Å². The zero-order valence-electron chi connectivity index (χ0n) is 28.9. The number of hydrogen-bond acceptors (Lipinski definition) is 2. The fourth-order valence-corrected chi connectivity index (χ4v) is 12.5. The molecule has 0 radical (unpaired) electrons. The quantitative estimate of drug-likeness (QED) is 0.132. The number of benzene rings is 4. The van der Waals surface area contributed by atoms with Crippen LogP contribution in [0.4, 0.5) is 0 Å². The monoisotopic (exact) mass is 608 g/mol. The van der Waals surface area contributed by atoms with E-state index in [9.17, 15) is 0 Å². The molecule has 0 bridgehead atoms. The first kappa shape index (κ1) is 33.8. The number of rotatable bonds is 10. The Morgan fingerprint density at radius 3 is 1.48 bits per heavy atom. The van der Waals surface area contributed by atoms with Crippen LogP contribution in [0.15, 0.2) is 84.9 Å². The summed E-state index contributed by atoms with van der Waals surface area (Å²) in [5, 5.41) is 0.316. The lowest BCUT2D eigenvalue weighted by atomic mass is 9.81. The molecule has 4 aromatic rings. The highest BCUT2D eigenvalue weighted by molar-refractivity contribution is 7.61. The molecule has 0 fully saturated rings. The SMILES string of the molecule is CCCC(c1c(OC)ccc(OC)c1-c1c(C)cc(C(c2ccccc2)c2ccccc2)cc1C)P(C(C)(C)C)C(C)(C)C. The minimum absolute atomic E-state index is 0.151. The van der Waals surface area contributed by atoms with Gasteiger partial charge >= 0.3 is 0 Å². The Morgan fingerprint density at radius 2 is 1.07 bits per heavy atom. The van der Waals surface area contributed by atoms with E-state index in [-0.39, 0.29) is 16.2 Å². The molecule has 0 aliphatic carbocycles. The predicted molar refractivity (Wildman–Crippen MR) is 192 cm³/mol. The Labute approximate surface area is 269 Å². The molecule has 0 heterocycles. The number of hydrogen-bond donors (Lipinski definition) is 0. The van der Waals surface area contributed by atoms with Crippen molar-refractivity contribution in [3.05, 3.63) is 118 Å². The predicted octanol–water partition coefficient (Wildman–Crippen LogP) is 12.1. The molecule has 4 rings (SSSR count). The van der Waals surface area contributed by atoms with Gasteiger partial charge in [0.15, 0.2) is 0 Å². The smallest absolute Gasteiger partial charge is 0.127 e. The first-order valence-electron chi connectivity index (χ1n) is 16.1. The molecule has 44 heavy (non-hydrogen) atoms. The Bertz CT molecular complexity index is 1450. The van der Waals surface area contributed by atoms with Crippen LogP contribution in [0.5, 0.6) is 11.5 Å². The molecular formula is C41H53O2P. The summed E-state index contributed by atoms with van der Waals surface area (Å²) in [6.07, 6.45) is 2.22. The molecule has 0 aliphatic heterocycles. The van der Waals surface area contributed by atoms with Gasteiger partial charge in [-0.1, -0.05) is 136 Å². The van der Waals surface area contributed by atoms with Crippen LogP contribution in [-0.2, 0) is 0 Å². The van der Waals surface area contributed by atoms with E-state index in [4.69, 9.17) is 9.47 Å². The van der Waals surface area contributed by atoms with Crippen LogP contribution in [-0.4, -0.2) is 24.5 Å². The van der Waals surface area contributed by atoms with E-state index in [0.29, 0.717) is 5.66 Å². The van der Waals surface area contributed by atoms with Crippen LogP contribution in [0.1, 0.15) is 106 Å². The highest BCUT2D eigenvalue weighted by atomic mass is 31.1. The van der Waals surface area contributed by atoms with Gasteiger partial charge in [-0.25, -0.2) is 0 Å². The van der Waals surface area contributed by atoms with E-state index in [1.54, 1.807) is 7.11 Å². The van der Waals surface area contributed by atoms with Gasteiger partial charge in [-0.2, -0.15) is 0 Å². The van der Waals surface area contributed by atoms with Gasteiger partial charge in [-0.15, -0.1) is 0 Å². The zero-order valence-corrected chi connectivity index (χ0v) is 29.8. The summed E-state index contributed by atoms with van der Waals surface area (Å²) >= 11 is 0. The van der Waals surface area contributed by atoms with E-state index >= 15 is 0 Å². The van der Waals surface area contributed by atoms with Gasteiger partial charge in [-0.05, 0) is 76.1 Å². The lowest BCUT2D eigenvalue weighted by Gasteiger charge is -2.47. The normalized spacial score (nSPS) is 12.9. The molecule has 0 aromatic heterocycles. The van der Waals surface area contributed by atoms with Crippen molar-refractivity contribution in [1.29, 1.82) is 0 Å². The molecule has 0 saturated carbocycles. The maximum absolute atomic E-state index is 6.22. The molecule has 0 amide bonds. The zero-order chi connectivity index (χ0) is 32.2. The lowest BCUT2D eigenvalue weighted by molar-refractivity contribution is 0.398. The third kappa shape index (κ3) is 7.07. The van der Waals surface area contributed by atoms with Crippen molar-refractivity contribution in [2.24, 2.45) is 0 Å². The second kappa shape index (κ2) is 13.9. The van der Waals surface area contributed by atoms with Gasteiger partial charge in [0.2, 0.25) is 0 Å². The molecule has 0 spiro atoms. The maximum Gasteiger partial charge on any atom is 0.127 e. The number of ether oxygens (including phenoxy) is 2. The standard InChI is InChI=1S/C41H53O2P/c1-12-19-35(44(40(4,5)6)41(7,8)9)38-33(42-10)24-25-34(43-11)39(38)36-28(2)26-32(27-29(36)3)37(30-20-15-13-16-21-30)31-22-17-14-18-23-31/h13-18,20-27,35,37H,12,19H2,1-11H3. The van der Waals surface area contributed by atoms with Crippen LogP contribution in [0, 0.1) is 13.8 Å². The van der Waals surface area contributed by atoms with Crippen molar-refractivity contribution in [2.45, 2.75) is 97.0 Å². The Hall–Kier alpha value is -3.09. The molecule has 2 nitrogen and oxygen atoms in total. The van der Waals surface area contributed by atoms with Crippen molar-refractivity contribution in [3.8, 4) is 22.6 Å². The Balaban J connectivity index is 2.03. The van der Waals surface area contributed by atoms with Gasteiger partial charge in [0.1, 0.15) is 11.5 Å². The minimum atomic E-state index is -0.466. The van der Waals surface area contributed by atoms with E-state index in [2.05, 4.69) is 147 Å². The summed E-state index contributed by atoms with van der Waals surface area (Å²) in [5.41, 5.74) is 10.6. The van der Waals surface area contributed by atoms with Crippen molar-refractivity contribution >= 4 is 7.92 Å². The van der Waals surface area contributed by atoms with Gasteiger partial charge < -0.3 is 9.47 Å². The highest BCUT2D eigenvalue weighted by Crippen LogP contribution is 2.71. The van der Waals surface area contributed by atoms with E-state index < -0.39 is 7.92 Å². The molecule has 1 atom stereocenters. The number of methoxy groups -OCH3 is 2. The van der Waals surface area contributed by atoms with Crippen LogP contribution >= 0.6 is 7.92 Å². The molecule has 0 N–H and O–H groups in total. The summed E-state index contributed by atoms with van der Waals surface area (Å²) in [5.74, 6) is 2.04. The minimum Gasteiger partial charge on any atom is -0.496 e. The summed E-state index contributed by atoms with van der Waals surface area (Å²) in [6.45, 7) is 21.4. The maximum atomic E-state index is 6.22. The van der Waals surface area contributed by atoms with Crippen molar-refractivity contribution in [2.75, 3.05) is 14.2 Å². The first-order chi connectivity index (χ1) is 20.8. The lowest BCUT2D eigenvalue weighted by Crippen LogP contribution is -2.28. The molecule has 234 valence electrons. The Morgan fingerprint density at radius 1 is 0.614 bits per heavy atom. The first-order valence-corrected chi connectivity index (χ1v) is 17.5. The number of aryl methyl sites for hydroxylation is 2. The molecule has 3 heteroatoms. The molecule has 4 aromatic carbocycles. The van der Waals surface area contributed by atoms with Crippen LogP contribution < -0.4 is 9.47 Å². The van der Waals surface area contributed by atoms with Gasteiger partial charge in [0.25, 0.3) is 0 Å². The average molecular weight is 609 g/mol. The summed E-state index contributed by atoms with van der Waals surface area (Å²) in [6, 6.07) is 30.8. The summed E-state index contributed by atoms with van der Waals surface area (Å²) in [4.78, 5) is 0. The molecular weight excluding hydrogens is 555 g/mol. The fourth-order valence-electron chi connectivity index (χ4n) is 7.56. The van der Waals surface area contributed by atoms with Gasteiger partial charge in [0.05, 0.1) is 14.2 Å². The van der Waals surface area contributed by atoms with E-state index in [1.807, 2.05) is 7.11 Å². The average Bonchev–Trinajstić information content (AvgIpc) is 2.96. The second-order valence-corrected chi connectivity index (χ2v) is 18.1. The fraction of sp³-hybridized carbons (Fsp3) is 0.415. The van der Waals surface area contributed by atoms with Crippen molar-refractivity contribution < 1.29 is 9.47 Å². The molecule has 0 saturated heterocycles. The summed E-state index contributed by atoms with van der Waals surface area (Å²) < 4.78 is 12.4.